The summed E-state index contributed by atoms with van der Waals surface area (Å²) in [5, 5.41) is 12.3. The van der Waals surface area contributed by atoms with E-state index >= 15 is 0 Å². The third-order valence-corrected chi connectivity index (χ3v) is 4.46. The summed E-state index contributed by atoms with van der Waals surface area (Å²) in [6.45, 7) is 3.42. The molecule has 1 aliphatic heterocycles. The lowest BCUT2D eigenvalue weighted by Gasteiger charge is -2.26. The molecule has 1 saturated heterocycles. The Balaban J connectivity index is 1.85. The van der Waals surface area contributed by atoms with Gasteiger partial charge in [0.1, 0.15) is 11.4 Å². The highest BCUT2D eigenvalue weighted by molar-refractivity contribution is 7.89. The van der Waals surface area contributed by atoms with Gasteiger partial charge in [0.15, 0.2) is 0 Å². The number of carbonyl (C=O) groups is 1. The Morgan fingerprint density at radius 1 is 1.43 bits per heavy atom. The summed E-state index contributed by atoms with van der Waals surface area (Å²) < 4.78 is 32.8. The average molecular weight is 318 g/mol. The topological polar surface area (TPSA) is 114 Å². The molecular formula is C11H18N4O5S. The maximum atomic E-state index is 12.0. The molecule has 9 nitrogen and oxygen atoms in total. The Bertz CT molecular complexity index is 579. The van der Waals surface area contributed by atoms with Gasteiger partial charge in [-0.1, -0.05) is 0 Å². The highest BCUT2D eigenvalue weighted by atomic mass is 32.2. The normalized spacial score (nSPS) is 17.0. The Kier molecular flexibility index (Phi) is 5.28. The van der Waals surface area contributed by atoms with Crippen molar-refractivity contribution in [3.05, 3.63) is 12.4 Å². The van der Waals surface area contributed by atoms with Crippen LogP contribution < -0.4 is 4.72 Å². The number of morpholine rings is 1. The van der Waals surface area contributed by atoms with Crippen LogP contribution in [0.4, 0.5) is 0 Å². The lowest BCUT2D eigenvalue weighted by molar-refractivity contribution is -0.137. The minimum absolute atomic E-state index is 0.0364. The van der Waals surface area contributed by atoms with Gasteiger partial charge in [-0.25, -0.2) is 13.1 Å². The number of aliphatic carboxylic acids is 1. The number of sulfonamides is 1. The molecule has 0 aliphatic carbocycles. The Morgan fingerprint density at radius 2 is 2.14 bits per heavy atom. The molecule has 1 fully saturated rings. The van der Waals surface area contributed by atoms with Crippen molar-refractivity contribution in [1.29, 1.82) is 0 Å². The molecule has 0 aromatic carbocycles. The highest BCUT2D eigenvalue weighted by Gasteiger charge is 2.17. The molecule has 1 aromatic heterocycles. The fraction of sp³-hybridized carbons (Fsp3) is 0.636. The molecule has 118 valence electrons. The van der Waals surface area contributed by atoms with Gasteiger partial charge in [-0.3, -0.25) is 14.4 Å². The Morgan fingerprint density at radius 3 is 2.81 bits per heavy atom. The average Bonchev–Trinajstić information content (AvgIpc) is 2.88. The summed E-state index contributed by atoms with van der Waals surface area (Å²) >= 11 is 0. The molecule has 1 aliphatic rings. The lowest BCUT2D eigenvalue weighted by Crippen LogP contribution is -2.41. The minimum atomic E-state index is -3.66. The van der Waals surface area contributed by atoms with Crippen LogP contribution in [0.15, 0.2) is 17.3 Å². The lowest BCUT2D eigenvalue weighted by atomic mass is 10.4. The van der Waals surface area contributed by atoms with Gasteiger partial charge in [0.05, 0.1) is 19.4 Å². The third kappa shape index (κ3) is 4.77. The van der Waals surface area contributed by atoms with E-state index in [1.165, 1.54) is 6.20 Å². The first-order chi connectivity index (χ1) is 9.97. The summed E-state index contributed by atoms with van der Waals surface area (Å²) in [6.07, 6.45) is 2.34. The summed E-state index contributed by atoms with van der Waals surface area (Å²) in [6, 6.07) is 0. The van der Waals surface area contributed by atoms with E-state index in [9.17, 15) is 13.2 Å². The van der Waals surface area contributed by atoms with Gasteiger partial charge in [0.25, 0.3) is 0 Å². The van der Waals surface area contributed by atoms with Crippen molar-refractivity contribution in [2.24, 2.45) is 0 Å². The number of hydrogen-bond acceptors (Lipinski definition) is 6. The van der Waals surface area contributed by atoms with Gasteiger partial charge in [-0.15, -0.1) is 0 Å². The van der Waals surface area contributed by atoms with Crippen molar-refractivity contribution in [3.8, 4) is 0 Å². The molecular weight excluding hydrogens is 300 g/mol. The van der Waals surface area contributed by atoms with Crippen LogP contribution in [0.2, 0.25) is 0 Å². The standard InChI is InChI=1S/C11H18N4O5S/c16-11(17)9-15-8-10(7-12-15)21(18,19)13-1-2-14-3-5-20-6-4-14/h7-8,13H,1-6,9H2,(H,16,17). The predicted octanol–water partition coefficient (Wildman–Crippen LogP) is -1.42. The van der Waals surface area contributed by atoms with Crippen LogP contribution in [0, 0.1) is 0 Å². The van der Waals surface area contributed by atoms with Crippen molar-refractivity contribution in [3.63, 3.8) is 0 Å². The van der Waals surface area contributed by atoms with E-state index in [4.69, 9.17) is 9.84 Å². The first kappa shape index (κ1) is 15.9. The van der Waals surface area contributed by atoms with E-state index in [0.29, 0.717) is 19.8 Å². The monoisotopic (exact) mass is 318 g/mol. The van der Waals surface area contributed by atoms with Crippen LogP contribution in [0.3, 0.4) is 0 Å². The number of ether oxygens (including phenoxy) is 1. The number of carboxylic acids is 1. The first-order valence-corrected chi connectivity index (χ1v) is 8.00. The second-order valence-corrected chi connectivity index (χ2v) is 6.39. The van der Waals surface area contributed by atoms with Crippen molar-refractivity contribution in [2.75, 3.05) is 39.4 Å². The van der Waals surface area contributed by atoms with Crippen LogP contribution in [0.25, 0.3) is 0 Å². The minimum Gasteiger partial charge on any atom is -0.480 e. The number of rotatable bonds is 7. The second-order valence-electron chi connectivity index (χ2n) is 4.62. The number of aromatic nitrogens is 2. The van der Waals surface area contributed by atoms with Crippen LogP contribution >= 0.6 is 0 Å². The zero-order valence-electron chi connectivity index (χ0n) is 11.4. The maximum absolute atomic E-state index is 12.0. The summed E-state index contributed by atoms with van der Waals surface area (Å²) in [7, 11) is -3.66. The number of nitrogens with one attached hydrogen (secondary N) is 1. The van der Waals surface area contributed by atoms with Crippen molar-refractivity contribution >= 4 is 16.0 Å². The van der Waals surface area contributed by atoms with E-state index in [1.54, 1.807) is 0 Å². The van der Waals surface area contributed by atoms with Crippen LogP contribution in [0.1, 0.15) is 0 Å². The molecule has 0 radical (unpaired) electrons. The molecule has 21 heavy (non-hydrogen) atoms. The van der Waals surface area contributed by atoms with Gasteiger partial charge in [-0.2, -0.15) is 5.10 Å². The van der Waals surface area contributed by atoms with Gasteiger partial charge in [-0.05, 0) is 0 Å². The van der Waals surface area contributed by atoms with Gasteiger partial charge in [0, 0.05) is 32.4 Å². The van der Waals surface area contributed by atoms with E-state index in [2.05, 4.69) is 14.7 Å². The van der Waals surface area contributed by atoms with Crippen molar-refractivity contribution < 1.29 is 23.1 Å². The van der Waals surface area contributed by atoms with Crippen LogP contribution in [-0.4, -0.2) is 73.6 Å². The van der Waals surface area contributed by atoms with Gasteiger partial charge >= 0.3 is 5.97 Å². The van der Waals surface area contributed by atoms with Crippen LogP contribution in [0.5, 0.6) is 0 Å². The molecule has 1 aromatic rings. The second kappa shape index (κ2) is 6.98. The Hall–Kier alpha value is -1.49. The predicted molar refractivity (Wildman–Crippen MR) is 72.3 cm³/mol. The van der Waals surface area contributed by atoms with Gasteiger partial charge in [0.2, 0.25) is 10.0 Å². The summed E-state index contributed by atoms with van der Waals surface area (Å²) in [5.41, 5.74) is 0. The molecule has 0 bridgehead atoms. The molecule has 0 amide bonds. The SMILES string of the molecule is O=C(O)Cn1cc(S(=O)(=O)NCCN2CCOCC2)cn1. The van der Waals surface area contributed by atoms with Crippen LogP contribution in [-0.2, 0) is 26.1 Å². The molecule has 0 spiro atoms. The summed E-state index contributed by atoms with van der Waals surface area (Å²) in [5.74, 6) is -1.08. The molecule has 0 atom stereocenters. The maximum Gasteiger partial charge on any atom is 0.325 e. The highest BCUT2D eigenvalue weighted by Crippen LogP contribution is 2.06. The van der Waals surface area contributed by atoms with E-state index < -0.39 is 16.0 Å². The first-order valence-electron chi connectivity index (χ1n) is 6.51. The summed E-state index contributed by atoms with van der Waals surface area (Å²) in [4.78, 5) is 12.6. The van der Waals surface area contributed by atoms with Crippen molar-refractivity contribution in [1.82, 2.24) is 19.4 Å². The largest absolute Gasteiger partial charge is 0.480 e. The fourth-order valence-electron chi connectivity index (χ4n) is 1.95. The smallest absolute Gasteiger partial charge is 0.325 e. The zero-order valence-corrected chi connectivity index (χ0v) is 12.3. The molecule has 0 unspecified atom stereocenters. The third-order valence-electron chi connectivity index (χ3n) is 3.04. The molecule has 10 heteroatoms. The van der Waals surface area contributed by atoms with Crippen molar-refractivity contribution in [2.45, 2.75) is 11.4 Å². The number of hydrogen-bond donors (Lipinski definition) is 2. The number of carboxylic acid groups (broad SMARTS) is 1. The quantitative estimate of drug-likeness (QED) is 0.634. The molecule has 0 saturated carbocycles. The molecule has 2 rings (SSSR count). The molecule has 2 heterocycles. The van der Waals surface area contributed by atoms with E-state index in [0.717, 1.165) is 24.0 Å². The van der Waals surface area contributed by atoms with E-state index in [-0.39, 0.29) is 18.0 Å². The van der Waals surface area contributed by atoms with Gasteiger partial charge < -0.3 is 9.84 Å². The Labute approximate surface area is 122 Å². The zero-order chi connectivity index (χ0) is 15.3. The molecule has 2 N–H and O–H groups in total. The fourth-order valence-corrected chi connectivity index (χ4v) is 2.93. The van der Waals surface area contributed by atoms with E-state index in [1.807, 2.05) is 0 Å². The number of nitrogens with zero attached hydrogens (tertiary/aromatic N) is 3.